The molecular weight excluding hydrogens is 404 g/mol. The number of ether oxygens (including phenoxy) is 2. The van der Waals surface area contributed by atoms with Crippen LogP contribution in [0.3, 0.4) is 0 Å². The fourth-order valence-corrected chi connectivity index (χ4v) is 3.37. The number of benzene rings is 1. The summed E-state index contributed by atoms with van der Waals surface area (Å²) in [4.78, 5) is 16.7. The Kier molecular flexibility index (Phi) is 5.75. The van der Waals surface area contributed by atoms with Crippen molar-refractivity contribution in [3.8, 4) is 23.0 Å². The monoisotopic (exact) mass is 422 g/mol. The van der Waals surface area contributed by atoms with Crippen molar-refractivity contribution in [2.24, 2.45) is 0 Å². The van der Waals surface area contributed by atoms with Crippen LogP contribution in [0.2, 0.25) is 0 Å². The molecule has 10 heteroatoms. The number of nitrogens with one attached hydrogen (secondary N) is 1. The van der Waals surface area contributed by atoms with Crippen LogP contribution in [0.25, 0.3) is 17.2 Å². The molecule has 3 heterocycles. The Morgan fingerprint density at radius 3 is 2.57 bits per heavy atom. The van der Waals surface area contributed by atoms with Gasteiger partial charge in [-0.05, 0) is 24.3 Å². The number of hydrogen-bond acceptors (Lipinski definition) is 8. The van der Waals surface area contributed by atoms with Crippen LogP contribution in [0, 0.1) is 0 Å². The highest BCUT2D eigenvalue weighted by Gasteiger charge is 2.12. The molecule has 30 heavy (non-hydrogen) atoms. The van der Waals surface area contributed by atoms with Gasteiger partial charge in [0.1, 0.15) is 22.2 Å². The molecule has 0 spiro atoms. The number of pyridine rings is 1. The summed E-state index contributed by atoms with van der Waals surface area (Å²) < 4.78 is 12.1. The van der Waals surface area contributed by atoms with Gasteiger partial charge >= 0.3 is 0 Å². The first-order valence-corrected chi connectivity index (χ1v) is 9.94. The number of carbonyl (C=O) groups excluding carboxylic acids is 1. The molecule has 9 nitrogen and oxygen atoms in total. The van der Waals surface area contributed by atoms with E-state index in [1.807, 2.05) is 18.2 Å². The largest absolute Gasteiger partial charge is 0.497 e. The smallest absolute Gasteiger partial charge is 0.234 e. The van der Waals surface area contributed by atoms with Crippen LogP contribution in [0.4, 0.5) is 5.69 Å². The highest BCUT2D eigenvalue weighted by Crippen LogP contribution is 2.26. The fraction of sp³-hybridized carbons (Fsp3) is 0.150. The van der Waals surface area contributed by atoms with Gasteiger partial charge in [-0.3, -0.25) is 9.78 Å². The van der Waals surface area contributed by atoms with Crippen LogP contribution in [0.5, 0.6) is 11.5 Å². The lowest BCUT2D eigenvalue weighted by molar-refractivity contribution is -0.113. The Balaban J connectivity index is 1.47. The van der Waals surface area contributed by atoms with Crippen LogP contribution >= 0.6 is 11.8 Å². The molecule has 4 rings (SSSR count). The average molecular weight is 422 g/mol. The van der Waals surface area contributed by atoms with Gasteiger partial charge in [0.2, 0.25) is 11.7 Å². The maximum Gasteiger partial charge on any atom is 0.234 e. The second-order valence-electron chi connectivity index (χ2n) is 6.12. The normalized spacial score (nSPS) is 10.7. The molecule has 4 aromatic rings. The standard InChI is InChI=1S/C20H18N6O3S/c1-28-14-9-13(10-15(11-14)29-2)22-18(27)12-30-19-7-6-17-23-24-20(26(17)25-19)16-5-3-4-8-21-16/h3-11H,12H2,1-2H3,(H,22,27). The third-order valence-electron chi connectivity index (χ3n) is 4.12. The quantitative estimate of drug-likeness (QED) is 0.454. The van der Waals surface area contributed by atoms with Crippen molar-refractivity contribution in [3.05, 3.63) is 54.7 Å². The van der Waals surface area contributed by atoms with Gasteiger partial charge in [-0.2, -0.15) is 9.61 Å². The van der Waals surface area contributed by atoms with Crippen LogP contribution < -0.4 is 14.8 Å². The Morgan fingerprint density at radius 1 is 1.07 bits per heavy atom. The summed E-state index contributed by atoms with van der Waals surface area (Å²) in [7, 11) is 3.12. The topological polar surface area (TPSA) is 104 Å². The average Bonchev–Trinajstić information content (AvgIpc) is 3.21. The van der Waals surface area contributed by atoms with E-state index in [9.17, 15) is 4.79 Å². The number of rotatable bonds is 7. The number of hydrogen-bond donors (Lipinski definition) is 1. The zero-order chi connectivity index (χ0) is 20.9. The second kappa shape index (κ2) is 8.78. The van der Waals surface area contributed by atoms with Crippen molar-refractivity contribution in [2.75, 3.05) is 25.3 Å². The van der Waals surface area contributed by atoms with E-state index in [0.29, 0.717) is 39.4 Å². The predicted octanol–water partition coefficient (Wildman–Crippen LogP) is 2.93. The van der Waals surface area contributed by atoms with Gasteiger partial charge in [-0.25, -0.2) is 0 Å². The maximum atomic E-state index is 12.4. The molecule has 1 N–H and O–H groups in total. The SMILES string of the molecule is COc1cc(NC(=O)CSc2ccc3nnc(-c4ccccn4)n3n2)cc(OC)c1. The minimum atomic E-state index is -0.175. The Morgan fingerprint density at radius 2 is 1.87 bits per heavy atom. The van der Waals surface area contributed by atoms with Crippen LogP contribution in [0.15, 0.2) is 59.8 Å². The van der Waals surface area contributed by atoms with Gasteiger partial charge in [0.15, 0.2) is 5.65 Å². The van der Waals surface area contributed by atoms with E-state index in [1.54, 1.807) is 55.3 Å². The highest BCUT2D eigenvalue weighted by molar-refractivity contribution is 7.99. The van der Waals surface area contributed by atoms with Crippen molar-refractivity contribution in [1.82, 2.24) is 24.8 Å². The maximum absolute atomic E-state index is 12.4. The van der Waals surface area contributed by atoms with Gasteiger partial charge in [-0.1, -0.05) is 17.8 Å². The van der Waals surface area contributed by atoms with Gasteiger partial charge in [0.25, 0.3) is 0 Å². The lowest BCUT2D eigenvalue weighted by atomic mass is 10.2. The zero-order valence-electron chi connectivity index (χ0n) is 16.3. The summed E-state index contributed by atoms with van der Waals surface area (Å²) in [5.41, 5.74) is 1.87. The predicted molar refractivity (Wildman–Crippen MR) is 113 cm³/mol. The molecule has 1 amide bonds. The summed E-state index contributed by atoms with van der Waals surface area (Å²) in [5, 5.41) is 16.3. The number of nitrogens with zero attached hydrogens (tertiary/aromatic N) is 5. The van der Waals surface area contributed by atoms with E-state index < -0.39 is 0 Å². The summed E-state index contributed by atoms with van der Waals surface area (Å²) in [6.07, 6.45) is 1.69. The van der Waals surface area contributed by atoms with Crippen LogP contribution in [-0.4, -0.2) is 50.7 Å². The first-order chi connectivity index (χ1) is 14.7. The first-order valence-electron chi connectivity index (χ1n) is 8.96. The molecule has 0 aliphatic heterocycles. The number of amides is 1. The van der Waals surface area contributed by atoms with Gasteiger partial charge in [0, 0.05) is 30.1 Å². The van der Waals surface area contributed by atoms with E-state index in [0.717, 1.165) is 0 Å². The van der Waals surface area contributed by atoms with E-state index in [1.165, 1.54) is 11.8 Å². The number of aromatic nitrogens is 5. The molecule has 152 valence electrons. The number of thioether (sulfide) groups is 1. The van der Waals surface area contributed by atoms with E-state index in [4.69, 9.17) is 9.47 Å². The third-order valence-corrected chi connectivity index (χ3v) is 5.04. The molecule has 0 aliphatic carbocycles. The molecule has 1 aromatic carbocycles. The van der Waals surface area contributed by atoms with Crippen molar-refractivity contribution < 1.29 is 14.3 Å². The Hall–Kier alpha value is -3.66. The fourth-order valence-electron chi connectivity index (χ4n) is 2.72. The highest BCUT2D eigenvalue weighted by atomic mass is 32.2. The summed E-state index contributed by atoms with van der Waals surface area (Å²) >= 11 is 1.31. The lowest BCUT2D eigenvalue weighted by Crippen LogP contribution is -2.14. The summed E-state index contributed by atoms with van der Waals surface area (Å²) in [5.74, 6) is 1.74. The van der Waals surface area contributed by atoms with Crippen molar-refractivity contribution >= 4 is 29.0 Å². The first kappa shape index (κ1) is 19.6. The minimum absolute atomic E-state index is 0.175. The zero-order valence-corrected chi connectivity index (χ0v) is 17.1. The molecule has 0 radical (unpaired) electrons. The minimum Gasteiger partial charge on any atom is -0.497 e. The summed E-state index contributed by atoms with van der Waals surface area (Å²) in [6, 6.07) is 14.4. The molecule has 3 aromatic heterocycles. The Bertz CT molecular complexity index is 1160. The van der Waals surface area contributed by atoms with E-state index in [-0.39, 0.29) is 11.7 Å². The van der Waals surface area contributed by atoms with Crippen molar-refractivity contribution in [3.63, 3.8) is 0 Å². The molecule has 0 atom stereocenters. The van der Waals surface area contributed by atoms with Crippen LogP contribution in [-0.2, 0) is 4.79 Å². The number of carbonyl (C=O) groups is 1. The third kappa shape index (κ3) is 4.33. The van der Waals surface area contributed by atoms with E-state index in [2.05, 4.69) is 25.6 Å². The number of fused-ring (bicyclic) bond motifs is 1. The molecule has 0 fully saturated rings. The van der Waals surface area contributed by atoms with Crippen molar-refractivity contribution in [2.45, 2.75) is 5.03 Å². The molecule has 0 saturated heterocycles. The van der Waals surface area contributed by atoms with Crippen LogP contribution in [0.1, 0.15) is 0 Å². The lowest BCUT2D eigenvalue weighted by Gasteiger charge is -2.09. The van der Waals surface area contributed by atoms with E-state index >= 15 is 0 Å². The molecule has 0 bridgehead atoms. The van der Waals surface area contributed by atoms with Gasteiger partial charge in [0.05, 0.1) is 20.0 Å². The summed E-state index contributed by atoms with van der Waals surface area (Å²) in [6.45, 7) is 0. The van der Waals surface area contributed by atoms with Gasteiger partial charge in [-0.15, -0.1) is 10.2 Å². The number of anilines is 1. The second-order valence-corrected chi connectivity index (χ2v) is 7.11. The molecule has 0 saturated carbocycles. The number of methoxy groups -OCH3 is 2. The molecular formula is C20H18N6O3S. The Labute approximate surface area is 176 Å². The van der Waals surface area contributed by atoms with Gasteiger partial charge < -0.3 is 14.8 Å². The molecule has 0 aliphatic rings. The molecule has 0 unspecified atom stereocenters. The van der Waals surface area contributed by atoms with Crippen molar-refractivity contribution in [1.29, 1.82) is 0 Å².